The predicted molar refractivity (Wildman–Crippen MR) is 88.6 cm³/mol. The van der Waals surface area contributed by atoms with Gasteiger partial charge in [-0.3, -0.25) is 9.59 Å². The van der Waals surface area contributed by atoms with Crippen LogP contribution in [0, 0.1) is 40.4 Å². The predicted octanol–water partition coefficient (Wildman–Crippen LogP) is 4.11. The van der Waals surface area contributed by atoms with E-state index >= 15 is 0 Å². The lowest BCUT2D eigenvalue weighted by atomic mass is 9.52. The van der Waals surface area contributed by atoms with E-state index in [-0.39, 0.29) is 16.6 Å². The van der Waals surface area contributed by atoms with E-state index in [0.29, 0.717) is 29.5 Å². The maximum atomic E-state index is 12.5. The molecular weight excluding hydrogens is 284 g/mol. The van der Waals surface area contributed by atoms with Crippen LogP contribution in [0.3, 0.4) is 0 Å². The first-order valence-corrected chi connectivity index (χ1v) is 9.42. The summed E-state index contributed by atoms with van der Waals surface area (Å²) in [6.07, 6.45) is 12.6. The molecule has 7 atom stereocenters. The maximum absolute atomic E-state index is 12.5. The summed E-state index contributed by atoms with van der Waals surface area (Å²) in [5.74, 6) is 3.98. The molecule has 5 aliphatic carbocycles. The van der Waals surface area contributed by atoms with Gasteiger partial charge in [-0.1, -0.05) is 25.5 Å². The molecule has 0 amide bonds. The number of carbonyl (C=O) groups is 2. The van der Waals surface area contributed by atoms with Gasteiger partial charge >= 0.3 is 0 Å². The van der Waals surface area contributed by atoms with Gasteiger partial charge in [-0.25, -0.2) is 0 Å². The van der Waals surface area contributed by atoms with Gasteiger partial charge in [0.05, 0.1) is 0 Å². The highest BCUT2D eigenvalue weighted by Crippen LogP contribution is 2.68. The summed E-state index contributed by atoms with van der Waals surface area (Å²) in [6, 6.07) is 0. The van der Waals surface area contributed by atoms with Gasteiger partial charge in [0.1, 0.15) is 5.78 Å². The Labute approximate surface area is 138 Å². The van der Waals surface area contributed by atoms with Gasteiger partial charge < -0.3 is 0 Å². The highest BCUT2D eigenvalue weighted by Gasteiger charge is 2.62. The minimum Gasteiger partial charge on any atom is -0.299 e. The molecule has 2 nitrogen and oxygen atoms in total. The smallest absolute Gasteiger partial charge is 0.178 e. The molecule has 0 saturated heterocycles. The lowest BCUT2D eigenvalue weighted by Crippen LogP contribution is -2.46. The van der Waals surface area contributed by atoms with Crippen LogP contribution >= 0.6 is 0 Å². The van der Waals surface area contributed by atoms with E-state index in [4.69, 9.17) is 0 Å². The molecule has 0 radical (unpaired) electrons. The van der Waals surface area contributed by atoms with Crippen molar-refractivity contribution in [1.29, 1.82) is 0 Å². The molecule has 0 bridgehead atoms. The Balaban J connectivity index is 1.60. The minimum absolute atomic E-state index is 0.0513. The van der Waals surface area contributed by atoms with Crippen LogP contribution in [0.4, 0.5) is 0 Å². The second-order valence-corrected chi connectivity index (χ2v) is 9.25. The van der Waals surface area contributed by atoms with Gasteiger partial charge in [-0.2, -0.15) is 0 Å². The van der Waals surface area contributed by atoms with E-state index in [0.717, 1.165) is 31.6 Å². The van der Waals surface area contributed by atoms with Crippen LogP contribution in [-0.4, -0.2) is 11.6 Å². The molecule has 5 rings (SSSR count). The van der Waals surface area contributed by atoms with Crippen LogP contribution in [-0.2, 0) is 9.59 Å². The Bertz CT molecular complexity index is 671. The molecule has 0 aromatic heterocycles. The van der Waals surface area contributed by atoms with Gasteiger partial charge in [0.15, 0.2) is 5.78 Å². The fraction of sp³-hybridized carbons (Fsp3) is 0.714. The SMILES string of the molecule is C[C@]12C=CC(=O)C=C1C1CC1C[C@@H]1[C@@H]2CC[C@]2(C)C(=O)CC[C@@H]12. The third-order valence-corrected chi connectivity index (χ3v) is 8.33. The summed E-state index contributed by atoms with van der Waals surface area (Å²) in [7, 11) is 0. The van der Waals surface area contributed by atoms with Crippen molar-refractivity contribution in [2.24, 2.45) is 40.4 Å². The second kappa shape index (κ2) is 4.26. The topological polar surface area (TPSA) is 34.1 Å². The van der Waals surface area contributed by atoms with E-state index in [9.17, 15) is 9.59 Å². The van der Waals surface area contributed by atoms with Crippen LogP contribution in [0.1, 0.15) is 52.4 Å². The Hall–Kier alpha value is -1.18. The number of rotatable bonds is 0. The maximum Gasteiger partial charge on any atom is 0.178 e. The van der Waals surface area contributed by atoms with Crippen molar-refractivity contribution in [3.63, 3.8) is 0 Å². The zero-order valence-corrected chi connectivity index (χ0v) is 14.2. The quantitative estimate of drug-likeness (QED) is 0.675. The first kappa shape index (κ1) is 14.2. The van der Waals surface area contributed by atoms with Crippen LogP contribution in [0.25, 0.3) is 0 Å². The van der Waals surface area contributed by atoms with Crippen LogP contribution in [0.15, 0.2) is 23.8 Å². The summed E-state index contributed by atoms with van der Waals surface area (Å²) < 4.78 is 0. The number of Topliss-reactive ketones (excluding diaryl/α,β-unsaturated/α-hetero) is 1. The highest BCUT2D eigenvalue weighted by molar-refractivity contribution is 6.01. The number of carbonyl (C=O) groups excluding carboxylic acids is 2. The Kier molecular flexibility index (Phi) is 2.63. The first-order chi connectivity index (χ1) is 10.9. The minimum atomic E-state index is -0.0513. The molecule has 0 N–H and O–H groups in total. The lowest BCUT2D eigenvalue weighted by Gasteiger charge is -2.51. The normalized spacial score (nSPS) is 53.7. The lowest BCUT2D eigenvalue weighted by molar-refractivity contribution is -0.130. The van der Waals surface area contributed by atoms with E-state index < -0.39 is 0 Å². The number of hydrogen-bond donors (Lipinski definition) is 0. The molecule has 0 heterocycles. The molecule has 4 saturated carbocycles. The van der Waals surface area contributed by atoms with Crippen molar-refractivity contribution in [3.05, 3.63) is 23.8 Å². The molecule has 4 fully saturated rings. The van der Waals surface area contributed by atoms with Gasteiger partial charge in [0.2, 0.25) is 0 Å². The molecule has 5 aliphatic rings. The monoisotopic (exact) mass is 310 g/mol. The van der Waals surface area contributed by atoms with Crippen LogP contribution < -0.4 is 0 Å². The summed E-state index contributed by atoms with van der Waals surface area (Å²) in [5, 5.41) is 0. The fourth-order valence-electron chi connectivity index (χ4n) is 6.92. The molecule has 2 heteroatoms. The van der Waals surface area contributed by atoms with Crippen molar-refractivity contribution < 1.29 is 9.59 Å². The average molecular weight is 310 g/mol. The second-order valence-electron chi connectivity index (χ2n) is 9.25. The number of fused-ring (bicyclic) bond motifs is 7. The van der Waals surface area contributed by atoms with Crippen molar-refractivity contribution in [1.82, 2.24) is 0 Å². The molecule has 0 spiro atoms. The van der Waals surface area contributed by atoms with Crippen molar-refractivity contribution >= 4 is 11.6 Å². The Morgan fingerprint density at radius 1 is 1.09 bits per heavy atom. The van der Waals surface area contributed by atoms with E-state index in [1.165, 1.54) is 18.4 Å². The van der Waals surface area contributed by atoms with Gasteiger partial charge in [-0.15, -0.1) is 0 Å². The Morgan fingerprint density at radius 2 is 1.91 bits per heavy atom. The summed E-state index contributed by atoms with van der Waals surface area (Å²) in [6.45, 7) is 4.62. The van der Waals surface area contributed by atoms with Crippen LogP contribution in [0.2, 0.25) is 0 Å². The molecule has 23 heavy (non-hydrogen) atoms. The zero-order chi connectivity index (χ0) is 16.0. The van der Waals surface area contributed by atoms with E-state index in [1.807, 2.05) is 6.08 Å². The number of allylic oxidation sites excluding steroid dienone is 4. The van der Waals surface area contributed by atoms with Crippen molar-refractivity contribution in [2.75, 3.05) is 0 Å². The zero-order valence-electron chi connectivity index (χ0n) is 14.2. The Morgan fingerprint density at radius 3 is 2.74 bits per heavy atom. The third kappa shape index (κ3) is 1.70. The molecule has 0 aromatic carbocycles. The summed E-state index contributed by atoms with van der Waals surface area (Å²) in [4.78, 5) is 24.5. The van der Waals surface area contributed by atoms with Gasteiger partial charge in [0.25, 0.3) is 0 Å². The van der Waals surface area contributed by atoms with Crippen molar-refractivity contribution in [2.45, 2.75) is 52.4 Å². The molecule has 122 valence electrons. The first-order valence-electron chi connectivity index (χ1n) is 9.42. The van der Waals surface area contributed by atoms with Gasteiger partial charge in [0, 0.05) is 17.3 Å². The van der Waals surface area contributed by atoms with E-state index in [2.05, 4.69) is 19.9 Å². The standard InChI is InChI=1S/C21H26O2/c1-20-7-5-13(22)11-18(20)14-9-12(14)10-15-16-3-4-19(23)21(16,2)8-6-17(15)20/h5,7,11-12,14-17H,3-4,6,8-10H2,1-2H3/t12?,14?,15-,16-,17-,20+,21-/m0/s1. The number of hydrogen-bond acceptors (Lipinski definition) is 2. The highest BCUT2D eigenvalue weighted by atomic mass is 16.1. The third-order valence-electron chi connectivity index (χ3n) is 8.33. The van der Waals surface area contributed by atoms with Crippen molar-refractivity contribution in [3.8, 4) is 0 Å². The summed E-state index contributed by atoms with van der Waals surface area (Å²) >= 11 is 0. The largest absolute Gasteiger partial charge is 0.299 e. The number of ketones is 2. The fourth-order valence-corrected chi connectivity index (χ4v) is 6.92. The van der Waals surface area contributed by atoms with Crippen LogP contribution in [0.5, 0.6) is 0 Å². The van der Waals surface area contributed by atoms with E-state index in [1.54, 1.807) is 6.08 Å². The molecular formula is C21H26O2. The summed E-state index contributed by atoms with van der Waals surface area (Å²) in [5.41, 5.74) is 1.43. The average Bonchev–Trinajstić information content (AvgIpc) is 3.21. The molecule has 0 aliphatic heterocycles. The molecule has 2 unspecified atom stereocenters. The molecule has 0 aromatic rings. The van der Waals surface area contributed by atoms with Gasteiger partial charge in [-0.05, 0) is 73.8 Å².